The zero-order valence-electron chi connectivity index (χ0n) is 18.6. The van der Waals surface area contributed by atoms with E-state index in [0.29, 0.717) is 24.6 Å². The Labute approximate surface area is 190 Å². The molecular weight excluding hydrogens is 414 g/mol. The second-order valence-electron chi connectivity index (χ2n) is 8.11. The Bertz CT molecular complexity index is 819. The predicted molar refractivity (Wildman–Crippen MR) is 126 cm³/mol. The average Bonchev–Trinajstić information content (AvgIpc) is 2.75. The number of alkyl halides is 1. The molecule has 31 heavy (non-hydrogen) atoms. The molecule has 0 aromatic heterocycles. The number of nitrogens with two attached hydrogens (primary N) is 2. The number of allylic oxidation sites excluding steroid dienone is 1. The fraction of sp³-hybridized carbons (Fsp3) is 0.417. The number of benzene rings is 2. The summed E-state index contributed by atoms with van der Waals surface area (Å²) in [6.07, 6.45) is 1.84. The van der Waals surface area contributed by atoms with Crippen LogP contribution in [0.15, 0.2) is 60.4 Å². The molecule has 0 heterocycles. The third-order valence-corrected chi connectivity index (χ3v) is 5.33. The second kappa shape index (κ2) is 11.8. The second-order valence-corrected chi connectivity index (χ2v) is 8.41. The Morgan fingerprint density at radius 2 is 1.58 bits per heavy atom. The van der Waals surface area contributed by atoms with E-state index in [9.17, 15) is 5.11 Å². The Kier molecular flexibility index (Phi) is 9.49. The number of hydrogen-bond acceptors (Lipinski definition) is 6. The first kappa shape index (κ1) is 24.9. The summed E-state index contributed by atoms with van der Waals surface area (Å²) in [5, 5.41) is 11.1. The largest absolute Gasteiger partial charge is 0.494 e. The number of ether oxygens (including phenoxy) is 2. The van der Waals surface area contributed by atoms with E-state index < -0.39 is 6.10 Å². The molecule has 2 aromatic rings. The normalized spacial score (nSPS) is 13.0. The Morgan fingerprint density at radius 3 is 2.06 bits per heavy atom. The quantitative estimate of drug-likeness (QED) is 0.198. The van der Waals surface area contributed by atoms with Crippen molar-refractivity contribution < 1.29 is 14.6 Å². The zero-order valence-corrected chi connectivity index (χ0v) is 19.3. The summed E-state index contributed by atoms with van der Waals surface area (Å²) in [4.78, 5) is 0. The third kappa shape index (κ3) is 7.98. The van der Waals surface area contributed by atoms with Crippen LogP contribution in [0.3, 0.4) is 0 Å². The Balaban J connectivity index is 1.91. The Morgan fingerprint density at radius 1 is 1.06 bits per heavy atom. The van der Waals surface area contributed by atoms with Crippen LogP contribution in [-0.2, 0) is 5.41 Å². The van der Waals surface area contributed by atoms with Gasteiger partial charge in [0.2, 0.25) is 0 Å². The van der Waals surface area contributed by atoms with Crippen LogP contribution in [0.25, 0.3) is 0 Å². The van der Waals surface area contributed by atoms with Crippen molar-refractivity contribution in [2.24, 2.45) is 11.6 Å². The summed E-state index contributed by atoms with van der Waals surface area (Å²) in [5.41, 5.74) is 8.45. The van der Waals surface area contributed by atoms with E-state index >= 15 is 0 Å². The van der Waals surface area contributed by atoms with E-state index in [1.54, 1.807) is 18.1 Å². The maximum Gasteiger partial charge on any atom is 0.119 e. The molecule has 0 saturated heterocycles. The number of nitrogens with zero attached hydrogens (tertiary/aromatic N) is 1. The van der Waals surface area contributed by atoms with Gasteiger partial charge >= 0.3 is 0 Å². The van der Waals surface area contributed by atoms with Crippen LogP contribution in [-0.4, -0.2) is 41.9 Å². The molecule has 0 fully saturated rings. The van der Waals surface area contributed by atoms with Gasteiger partial charge in [0.25, 0.3) is 0 Å². The molecule has 0 bridgehead atoms. The average molecular weight is 448 g/mol. The van der Waals surface area contributed by atoms with Gasteiger partial charge in [0.05, 0.1) is 12.5 Å². The van der Waals surface area contributed by atoms with E-state index in [1.807, 2.05) is 36.4 Å². The highest BCUT2D eigenvalue weighted by Gasteiger charge is 2.23. The lowest BCUT2D eigenvalue weighted by Gasteiger charge is -2.26. The van der Waals surface area contributed by atoms with E-state index in [0.717, 1.165) is 17.7 Å². The lowest BCUT2D eigenvalue weighted by atomic mass is 9.78. The molecule has 1 atom stereocenters. The van der Waals surface area contributed by atoms with Gasteiger partial charge in [-0.3, -0.25) is 0 Å². The number of aliphatic hydroxyl groups excluding tert-OH is 1. The highest BCUT2D eigenvalue weighted by atomic mass is 35.5. The maximum absolute atomic E-state index is 9.52. The summed E-state index contributed by atoms with van der Waals surface area (Å²) in [7, 11) is 0. The van der Waals surface area contributed by atoms with Gasteiger partial charge in [0.1, 0.15) is 24.2 Å². The van der Waals surface area contributed by atoms with Crippen molar-refractivity contribution in [2.45, 2.75) is 38.7 Å². The molecule has 1 unspecified atom stereocenters. The van der Waals surface area contributed by atoms with Crippen LogP contribution in [0.1, 0.15) is 38.3 Å². The van der Waals surface area contributed by atoms with Crippen LogP contribution in [0.2, 0.25) is 0 Å². The highest BCUT2D eigenvalue weighted by molar-refractivity contribution is 6.18. The van der Waals surface area contributed by atoms with Crippen LogP contribution < -0.4 is 21.1 Å². The smallest absolute Gasteiger partial charge is 0.119 e. The van der Waals surface area contributed by atoms with Crippen molar-refractivity contribution in [1.82, 2.24) is 5.01 Å². The molecule has 5 N–H and O–H groups in total. The number of hydrogen-bond donors (Lipinski definition) is 3. The van der Waals surface area contributed by atoms with Crippen molar-refractivity contribution in [3.63, 3.8) is 0 Å². The monoisotopic (exact) mass is 447 g/mol. The molecular formula is C24H34ClN3O3. The van der Waals surface area contributed by atoms with Crippen LogP contribution >= 0.6 is 11.6 Å². The first-order valence-electron chi connectivity index (χ1n) is 10.4. The minimum absolute atomic E-state index is 0.154. The number of rotatable bonds is 12. The van der Waals surface area contributed by atoms with Crippen molar-refractivity contribution in [2.75, 3.05) is 25.6 Å². The van der Waals surface area contributed by atoms with Gasteiger partial charge in [-0.1, -0.05) is 38.1 Å². The van der Waals surface area contributed by atoms with Crippen molar-refractivity contribution >= 4 is 11.6 Å². The fourth-order valence-corrected chi connectivity index (χ4v) is 3.19. The first-order chi connectivity index (χ1) is 14.7. The molecule has 6 nitrogen and oxygen atoms in total. The van der Waals surface area contributed by atoms with E-state index in [-0.39, 0.29) is 17.9 Å². The summed E-state index contributed by atoms with van der Waals surface area (Å²) >= 11 is 5.59. The fourth-order valence-electron chi connectivity index (χ4n) is 3.10. The molecule has 2 rings (SSSR count). The summed E-state index contributed by atoms with van der Waals surface area (Å²) in [5.74, 6) is 7.51. The number of aliphatic hydroxyl groups is 1. The first-order valence-corrected chi connectivity index (χ1v) is 10.9. The summed E-state index contributed by atoms with van der Waals surface area (Å²) < 4.78 is 11.4. The highest BCUT2D eigenvalue weighted by Crippen LogP contribution is 2.33. The van der Waals surface area contributed by atoms with Gasteiger partial charge in [-0.05, 0) is 42.3 Å². The SMILES string of the molecule is C/C(N)=C/N(N)CCCOc1ccc(C(C)(C)c2ccc(OCC(O)CCl)cc2)cc1. The molecule has 0 aliphatic rings. The topological polar surface area (TPSA) is 94.0 Å². The molecule has 2 aromatic carbocycles. The molecule has 0 aliphatic carbocycles. The molecule has 0 saturated carbocycles. The molecule has 0 amide bonds. The summed E-state index contributed by atoms with van der Waals surface area (Å²) in [6, 6.07) is 16.1. The molecule has 170 valence electrons. The van der Waals surface area contributed by atoms with Crippen molar-refractivity contribution in [3.05, 3.63) is 71.6 Å². The molecule has 0 aliphatic heterocycles. The van der Waals surface area contributed by atoms with Gasteiger partial charge in [0.15, 0.2) is 0 Å². The van der Waals surface area contributed by atoms with Gasteiger partial charge in [0, 0.05) is 30.3 Å². The van der Waals surface area contributed by atoms with Crippen molar-refractivity contribution in [1.29, 1.82) is 0 Å². The van der Waals surface area contributed by atoms with E-state index in [4.69, 9.17) is 32.7 Å². The van der Waals surface area contributed by atoms with Crippen LogP contribution in [0.4, 0.5) is 0 Å². The lowest BCUT2D eigenvalue weighted by Crippen LogP contribution is -2.28. The van der Waals surface area contributed by atoms with Gasteiger partial charge < -0.3 is 25.3 Å². The molecule has 0 spiro atoms. The van der Waals surface area contributed by atoms with E-state index in [2.05, 4.69) is 26.0 Å². The van der Waals surface area contributed by atoms with E-state index in [1.165, 1.54) is 5.56 Å². The third-order valence-electron chi connectivity index (χ3n) is 4.97. The van der Waals surface area contributed by atoms with Gasteiger partial charge in [-0.15, -0.1) is 11.6 Å². The van der Waals surface area contributed by atoms with Gasteiger partial charge in [-0.2, -0.15) is 0 Å². The standard InChI is InChI=1S/C24H34ClN3O3/c1-18(26)16-28(27)13-4-14-30-22-9-5-19(6-10-22)24(2,3)20-7-11-23(12-8-20)31-17-21(29)15-25/h5-12,16,21,29H,4,13-15,17,26-27H2,1-3H3/b18-16-. The van der Waals surface area contributed by atoms with Gasteiger partial charge in [-0.25, -0.2) is 5.84 Å². The summed E-state index contributed by atoms with van der Waals surface area (Å²) in [6.45, 7) is 7.59. The zero-order chi connectivity index (χ0) is 22.9. The predicted octanol–water partition coefficient (Wildman–Crippen LogP) is 3.76. The Hall–Kier alpha value is -2.41. The number of hydrazine groups is 1. The molecule has 0 radical (unpaired) electrons. The molecule has 7 heteroatoms. The number of halogens is 1. The minimum atomic E-state index is -0.667. The van der Waals surface area contributed by atoms with Crippen LogP contribution in [0.5, 0.6) is 11.5 Å². The lowest BCUT2D eigenvalue weighted by molar-refractivity contribution is 0.125. The van der Waals surface area contributed by atoms with Crippen molar-refractivity contribution in [3.8, 4) is 11.5 Å². The van der Waals surface area contributed by atoms with Crippen LogP contribution in [0, 0.1) is 0 Å². The maximum atomic E-state index is 9.52. The minimum Gasteiger partial charge on any atom is -0.494 e.